The highest BCUT2D eigenvalue weighted by Gasteiger charge is 2.34. The van der Waals surface area contributed by atoms with Gasteiger partial charge in [-0.2, -0.15) is 0 Å². The SMILES string of the molecule is CC(C)[C@H](NP(=O)(Cl)Oc1cccc2ccccc12)C(=O)O[C@@H](C)c1ccccc1. The van der Waals surface area contributed by atoms with Crippen LogP contribution >= 0.6 is 18.1 Å². The minimum absolute atomic E-state index is 0.219. The van der Waals surface area contributed by atoms with E-state index in [1.54, 1.807) is 19.1 Å². The van der Waals surface area contributed by atoms with Crippen LogP contribution in [0.15, 0.2) is 72.8 Å². The molecule has 3 aromatic rings. The third-order valence-electron chi connectivity index (χ3n) is 4.74. The van der Waals surface area contributed by atoms with Crippen molar-refractivity contribution in [3.63, 3.8) is 0 Å². The molecule has 0 aliphatic carbocycles. The van der Waals surface area contributed by atoms with Crippen LogP contribution in [0.2, 0.25) is 0 Å². The first-order valence-corrected chi connectivity index (χ1v) is 12.3. The quantitative estimate of drug-likeness (QED) is 0.317. The highest BCUT2D eigenvalue weighted by atomic mass is 35.7. The molecule has 0 heterocycles. The fourth-order valence-corrected chi connectivity index (χ4v) is 4.85. The van der Waals surface area contributed by atoms with Crippen LogP contribution in [0.4, 0.5) is 0 Å². The van der Waals surface area contributed by atoms with Crippen molar-refractivity contribution in [2.24, 2.45) is 5.92 Å². The van der Waals surface area contributed by atoms with Gasteiger partial charge in [0.1, 0.15) is 17.9 Å². The van der Waals surface area contributed by atoms with Crippen LogP contribution in [-0.2, 0) is 14.1 Å². The van der Waals surface area contributed by atoms with Crippen LogP contribution in [0.1, 0.15) is 32.4 Å². The highest BCUT2D eigenvalue weighted by Crippen LogP contribution is 2.50. The number of fused-ring (bicyclic) bond motifs is 1. The number of carbonyl (C=O) groups is 1. The van der Waals surface area contributed by atoms with Gasteiger partial charge < -0.3 is 9.26 Å². The predicted octanol–water partition coefficient (Wildman–Crippen LogP) is 6.48. The molecule has 0 saturated heterocycles. The van der Waals surface area contributed by atoms with Crippen molar-refractivity contribution in [1.82, 2.24) is 5.09 Å². The standard InChI is InChI=1S/C23H25ClNO4P/c1-16(2)22(23(26)28-17(3)18-10-5-4-6-11-18)25-30(24,27)29-21-15-9-13-19-12-7-8-14-20(19)21/h4-17,22H,1-3H3,(H,25,27)/t17-,22-,30?/m0/s1. The first-order valence-electron chi connectivity index (χ1n) is 9.77. The first-order chi connectivity index (χ1) is 14.3. The maximum atomic E-state index is 13.0. The summed E-state index contributed by atoms with van der Waals surface area (Å²) in [6.07, 6.45) is -0.449. The molecule has 0 bridgehead atoms. The molecule has 1 unspecified atom stereocenters. The zero-order valence-electron chi connectivity index (χ0n) is 17.1. The van der Waals surface area contributed by atoms with Crippen LogP contribution in [-0.4, -0.2) is 12.0 Å². The normalized spacial score (nSPS) is 15.4. The summed E-state index contributed by atoms with van der Waals surface area (Å²) >= 11 is 6.22. The number of carbonyl (C=O) groups excluding carboxylic acids is 1. The largest absolute Gasteiger partial charge is 0.457 e. The second-order valence-corrected chi connectivity index (χ2v) is 10.1. The van der Waals surface area contributed by atoms with Crippen LogP contribution in [0, 0.1) is 5.92 Å². The van der Waals surface area contributed by atoms with Crippen molar-refractivity contribution in [2.45, 2.75) is 32.9 Å². The maximum absolute atomic E-state index is 13.0. The van der Waals surface area contributed by atoms with E-state index in [2.05, 4.69) is 5.09 Å². The molecule has 3 rings (SSSR count). The lowest BCUT2D eigenvalue weighted by molar-refractivity contribution is -0.151. The smallest absolute Gasteiger partial charge is 0.409 e. The molecule has 30 heavy (non-hydrogen) atoms. The van der Waals surface area contributed by atoms with E-state index in [1.165, 1.54) is 0 Å². The molecule has 5 nitrogen and oxygen atoms in total. The third-order valence-corrected chi connectivity index (χ3v) is 6.26. The predicted molar refractivity (Wildman–Crippen MR) is 121 cm³/mol. The zero-order chi connectivity index (χ0) is 21.7. The van der Waals surface area contributed by atoms with E-state index in [0.29, 0.717) is 5.75 Å². The van der Waals surface area contributed by atoms with Crippen LogP contribution in [0.3, 0.4) is 0 Å². The van der Waals surface area contributed by atoms with Gasteiger partial charge in [0.05, 0.1) is 0 Å². The molecule has 0 fully saturated rings. The summed E-state index contributed by atoms with van der Waals surface area (Å²) in [5.74, 6) is -0.375. The molecule has 3 aromatic carbocycles. The number of rotatable bonds is 8. The molecule has 0 saturated carbocycles. The zero-order valence-corrected chi connectivity index (χ0v) is 18.8. The van der Waals surface area contributed by atoms with Gasteiger partial charge in [-0.25, -0.2) is 9.65 Å². The number of halogens is 1. The third kappa shape index (κ3) is 5.63. The molecular formula is C23H25ClNO4P. The molecule has 0 spiro atoms. The van der Waals surface area contributed by atoms with Crippen molar-refractivity contribution >= 4 is 34.9 Å². The molecule has 0 radical (unpaired) electrons. The maximum Gasteiger partial charge on any atom is 0.409 e. The fourth-order valence-electron chi connectivity index (χ4n) is 3.11. The molecule has 1 N–H and O–H groups in total. The number of hydrogen-bond donors (Lipinski definition) is 1. The second kappa shape index (κ2) is 9.65. The van der Waals surface area contributed by atoms with Crippen molar-refractivity contribution in [3.05, 3.63) is 78.4 Å². The van der Waals surface area contributed by atoms with E-state index >= 15 is 0 Å². The Balaban J connectivity index is 1.74. The summed E-state index contributed by atoms with van der Waals surface area (Å²) in [7, 11) is 0. The van der Waals surface area contributed by atoms with Gasteiger partial charge in [0.2, 0.25) is 0 Å². The topological polar surface area (TPSA) is 64.6 Å². The average Bonchev–Trinajstić information content (AvgIpc) is 2.72. The Bertz CT molecular complexity index is 1050. The number of nitrogens with one attached hydrogen (secondary N) is 1. The van der Waals surface area contributed by atoms with Crippen LogP contribution in [0.25, 0.3) is 10.8 Å². The summed E-state index contributed by atoms with van der Waals surface area (Å²) in [5.41, 5.74) is 0.870. The number of benzene rings is 3. The van der Waals surface area contributed by atoms with Crippen molar-refractivity contribution in [1.29, 1.82) is 0 Å². The Labute approximate surface area is 181 Å². The number of hydrogen-bond acceptors (Lipinski definition) is 4. The van der Waals surface area contributed by atoms with Gasteiger partial charge in [-0.15, -0.1) is 0 Å². The minimum atomic E-state index is -3.88. The van der Waals surface area contributed by atoms with Gasteiger partial charge in [0.15, 0.2) is 0 Å². The van der Waals surface area contributed by atoms with Crippen molar-refractivity contribution in [3.8, 4) is 5.75 Å². The van der Waals surface area contributed by atoms with Gasteiger partial charge in [-0.1, -0.05) is 80.6 Å². The summed E-state index contributed by atoms with van der Waals surface area (Å²) < 4.78 is 24.3. The van der Waals surface area contributed by atoms with E-state index in [4.69, 9.17) is 20.5 Å². The molecule has 0 amide bonds. The monoisotopic (exact) mass is 445 g/mol. The van der Waals surface area contributed by atoms with Gasteiger partial charge in [-0.3, -0.25) is 4.79 Å². The van der Waals surface area contributed by atoms with Gasteiger partial charge in [0.25, 0.3) is 0 Å². The van der Waals surface area contributed by atoms with Gasteiger partial charge in [0, 0.05) is 16.6 Å². The van der Waals surface area contributed by atoms with E-state index in [-0.39, 0.29) is 5.92 Å². The molecule has 7 heteroatoms. The number of esters is 1. The van der Waals surface area contributed by atoms with E-state index < -0.39 is 25.0 Å². The molecular weight excluding hydrogens is 421 g/mol. The van der Waals surface area contributed by atoms with Gasteiger partial charge in [-0.05, 0) is 29.9 Å². The summed E-state index contributed by atoms with van der Waals surface area (Å²) in [5, 5.41) is 4.40. The van der Waals surface area contributed by atoms with E-state index in [9.17, 15) is 9.36 Å². The summed E-state index contributed by atoms with van der Waals surface area (Å²) in [6.45, 7) is 1.55. The Kier molecular flexibility index (Phi) is 7.19. The lowest BCUT2D eigenvalue weighted by Crippen LogP contribution is -2.40. The lowest BCUT2D eigenvalue weighted by Gasteiger charge is -2.25. The summed E-state index contributed by atoms with van der Waals surface area (Å²) in [6, 6.07) is 21.5. The second-order valence-electron chi connectivity index (χ2n) is 7.39. The summed E-state index contributed by atoms with van der Waals surface area (Å²) in [4.78, 5) is 12.8. The van der Waals surface area contributed by atoms with Crippen LogP contribution in [0.5, 0.6) is 5.75 Å². The average molecular weight is 446 g/mol. The molecule has 0 aromatic heterocycles. The van der Waals surface area contributed by atoms with Crippen molar-refractivity contribution in [2.75, 3.05) is 0 Å². The minimum Gasteiger partial charge on any atom is -0.457 e. The molecule has 3 atom stereocenters. The van der Waals surface area contributed by atoms with Crippen LogP contribution < -0.4 is 9.61 Å². The molecule has 0 aliphatic heterocycles. The fraction of sp³-hybridized carbons (Fsp3) is 0.261. The van der Waals surface area contributed by atoms with Gasteiger partial charge >= 0.3 is 12.8 Å². The Hall–Kier alpha value is -2.33. The lowest BCUT2D eigenvalue weighted by atomic mass is 10.1. The molecule has 0 aliphatic rings. The molecule has 158 valence electrons. The Morgan fingerprint density at radius 1 is 0.933 bits per heavy atom. The van der Waals surface area contributed by atoms with Crippen molar-refractivity contribution < 1.29 is 18.6 Å². The highest BCUT2D eigenvalue weighted by molar-refractivity contribution is 7.84. The van der Waals surface area contributed by atoms with E-state index in [0.717, 1.165) is 16.3 Å². The van der Waals surface area contributed by atoms with E-state index in [1.807, 2.05) is 74.5 Å². The first kappa shape index (κ1) is 22.4. The Morgan fingerprint density at radius 3 is 2.27 bits per heavy atom. The Morgan fingerprint density at radius 2 is 1.57 bits per heavy atom. The number of ether oxygens (including phenoxy) is 1.